The van der Waals surface area contributed by atoms with E-state index in [1.54, 1.807) is 0 Å². The van der Waals surface area contributed by atoms with Crippen molar-refractivity contribution < 1.29 is 23.0 Å². The van der Waals surface area contributed by atoms with Gasteiger partial charge in [-0.2, -0.15) is 8.78 Å². The van der Waals surface area contributed by atoms with Gasteiger partial charge in [0.15, 0.2) is 0 Å². The van der Waals surface area contributed by atoms with Gasteiger partial charge in [0, 0.05) is 10.5 Å². The molecule has 134 valence electrons. The zero-order chi connectivity index (χ0) is 18.4. The molecule has 0 fully saturated rings. The van der Waals surface area contributed by atoms with Gasteiger partial charge in [0.25, 0.3) is 0 Å². The molecule has 0 heterocycles. The Hall–Kier alpha value is -2.35. The second-order valence-electron chi connectivity index (χ2n) is 5.08. The fourth-order valence-electron chi connectivity index (χ4n) is 2.19. The summed E-state index contributed by atoms with van der Waals surface area (Å²) < 4.78 is 35.3. The first-order valence-electron chi connectivity index (χ1n) is 7.35. The Morgan fingerprint density at radius 2 is 1.92 bits per heavy atom. The summed E-state index contributed by atoms with van der Waals surface area (Å²) in [7, 11) is 1.43. The van der Waals surface area contributed by atoms with Crippen molar-refractivity contribution in [2.45, 2.75) is 19.6 Å². The number of carbonyl (C=O) groups excluding carboxylic acids is 1. The maximum atomic E-state index is 12.5. The Morgan fingerprint density at radius 3 is 2.56 bits per heavy atom. The number of hydrogen-bond acceptors (Lipinski definition) is 3. The van der Waals surface area contributed by atoms with Crippen molar-refractivity contribution in [3.8, 4) is 11.5 Å². The van der Waals surface area contributed by atoms with Crippen LogP contribution in [0.15, 0.2) is 46.9 Å². The van der Waals surface area contributed by atoms with Crippen LogP contribution in [0.4, 0.5) is 19.3 Å². The predicted molar refractivity (Wildman–Crippen MR) is 94.3 cm³/mol. The molecule has 0 bridgehead atoms. The monoisotopic (exact) mass is 414 g/mol. The highest BCUT2D eigenvalue weighted by atomic mass is 79.9. The van der Waals surface area contributed by atoms with E-state index in [4.69, 9.17) is 4.74 Å². The lowest BCUT2D eigenvalue weighted by Crippen LogP contribution is -2.31. The summed E-state index contributed by atoms with van der Waals surface area (Å²) in [4.78, 5) is 12.2. The van der Waals surface area contributed by atoms with Gasteiger partial charge in [0.2, 0.25) is 0 Å². The molecule has 0 saturated carbocycles. The van der Waals surface area contributed by atoms with Crippen LogP contribution in [0, 0.1) is 0 Å². The molecule has 5 nitrogen and oxygen atoms in total. The summed E-state index contributed by atoms with van der Waals surface area (Å²) >= 11 is 3.42. The minimum atomic E-state index is -3.00. The summed E-state index contributed by atoms with van der Waals surface area (Å²) in [6.07, 6.45) is 0. The van der Waals surface area contributed by atoms with Crippen LogP contribution in [-0.4, -0.2) is 19.8 Å². The van der Waals surface area contributed by atoms with Crippen molar-refractivity contribution in [3.05, 3.63) is 52.5 Å². The molecule has 1 atom stereocenters. The number of methoxy groups -OCH3 is 1. The molecule has 25 heavy (non-hydrogen) atoms. The molecule has 0 aliphatic rings. The molecule has 2 rings (SSSR count). The third-order valence-corrected chi connectivity index (χ3v) is 4.09. The number of amides is 2. The van der Waals surface area contributed by atoms with E-state index in [1.807, 2.05) is 31.2 Å². The predicted octanol–water partition coefficient (Wildman–Crippen LogP) is 4.94. The summed E-state index contributed by atoms with van der Waals surface area (Å²) in [5.74, 6) is 0.246. The highest BCUT2D eigenvalue weighted by Crippen LogP contribution is 2.30. The SMILES string of the molecule is COc1ccc(OC(F)F)c(NC(=O)NC(C)c2ccccc2Br)c1. The second-order valence-corrected chi connectivity index (χ2v) is 5.94. The Morgan fingerprint density at radius 1 is 1.20 bits per heavy atom. The number of alkyl halides is 2. The van der Waals surface area contributed by atoms with Crippen molar-refractivity contribution in [1.82, 2.24) is 5.32 Å². The molecule has 1 unspecified atom stereocenters. The average Bonchev–Trinajstić information content (AvgIpc) is 2.56. The van der Waals surface area contributed by atoms with Gasteiger partial charge < -0.3 is 20.1 Å². The Kier molecular flexibility index (Phi) is 6.58. The summed E-state index contributed by atoms with van der Waals surface area (Å²) in [6.45, 7) is -1.20. The molecule has 2 N–H and O–H groups in total. The highest BCUT2D eigenvalue weighted by Gasteiger charge is 2.16. The van der Waals surface area contributed by atoms with Crippen LogP contribution in [0.25, 0.3) is 0 Å². The lowest BCUT2D eigenvalue weighted by Gasteiger charge is -2.18. The minimum absolute atomic E-state index is 0.0801. The van der Waals surface area contributed by atoms with E-state index in [0.29, 0.717) is 5.75 Å². The van der Waals surface area contributed by atoms with Crippen molar-refractivity contribution in [2.75, 3.05) is 12.4 Å². The van der Waals surface area contributed by atoms with Crippen molar-refractivity contribution in [3.63, 3.8) is 0 Å². The Bertz CT molecular complexity index is 744. The largest absolute Gasteiger partial charge is 0.497 e. The van der Waals surface area contributed by atoms with Gasteiger partial charge in [-0.15, -0.1) is 0 Å². The van der Waals surface area contributed by atoms with Gasteiger partial charge >= 0.3 is 12.6 Å². The van der Waals surface area contributed by atoms with Gasteiger partial charge in [-0.3, -0.25) is 0 Å². The van der Waals surface area contributed by atoms with E-state index in [1.165, 1.54) is 25.3 Å². The average molecular weight is 415 g/mol. The molecule has 2 aromatic rings. The van der Waals surface area contributed by atoms with Gasteiger partial charge in [0.05, 0.1) is 18.8 Å². The van der Waals surface area contributed by atoms with E-state index >= 15 is 0 Å². The van der Waals surface area contributed by atoms with Crippen LogP contribution in [-0.2, 0) is 0 Å². The number of halogens is 3. The normalized spacial score (nSPS) is 11.8. The third-order valence-electron chi connectivity index (χ3n) is 3.37. The van der Waals surface area contributed by atoms with Crippen LogP contribution in [0.1, 0.15) is 18.5 Å². The minimum Gasteiger partial charge on any atom is -0.497 e. The molecular weight excluding hydrogens is 398 g/mol. The number of nitrogens with one attached hydrogen (secondary N) is 2. The van der Waals surface area contributed by atoms with E-state index in [2.05, 4.69) is 31.3 Å². The number of carbonyl (C=O) groups is 1. The van der Waals surface area contributed by atoms with Crippen LogP contribution in [0.2, 0.25) is 0 Å². The standard InChI is InChI=1S/C17H17BrF2N2O3/c1-10(12-5-3-4-6-13(12)18)21-17(23)22-14-9-11(24-2)7-8-15(14)25-16(19)20/h3-10,16H,1-2H3,(H2,21,22,23). The van der Waals surface area contributed by atoms with E-state index < -0.39 is 12.6 Å². The molecule has 0 aliphatic heterocycles. The quantitative estimate of drug-likeness (QED) is 0.703. The lowest BCUT2D eigenvalue weighted by molar-refractivity contribution is -0.0493. The molecule has 0 aromatic heterocycles. The molecule has 0 radical (unpaired) electrons. The molecule has 8 heteroatoms. The molecule has 2 amide bonds. The highest BCUT2D eigenvalue weighted by molar-refractivity contribution is 9.10. The molecular formula is C17H17BrF2N2O3. The van der Waals surface area contributed by atoms with Gasteiger partial charge in [-0.1, -0.05) is 34.1 Å². The zero-order valence-corrected chi connectivity index (χ0v) is 15.1. The molecule has 0 saturated heterocycles. The first kappa shape index (κ1) is 19.0. The van der Waals surface area contributed by atoms with Crippen molar-refractivity contribution in [1.29, 1.82) is 0 Å². The molecule has 0 aliphatic carbocycles. The first-order chi connectivity index (χ1) is 11.9. The van der Waals surface area contributed by atoms with E-state index in [-0.39, 0.29) is 17.5 Å². The number of ether oxygens (including phenoxy) is 2. The van der Waals surface area contributed by atoms with Gasteiger partial charge in [-0.05, 0) is 30.7 Å². The second kappa shape index (κ2) is 8.66. The topological polar surface area (TPSA) is 59.6 Å². The number of anilines is 1. The van der Waals surface area contributed by atoms with E-state index in [9.17, 15) is 13.6 Å². The van der Waals surface area contributed by atoms with Crippen molar-refractivity contribution in [2.24, 2.45) is 0 Å². The maximum absolute atomic E-state index is 12.5. The van der Waals surface area contributed by atoms with Crippen LogP contribution >= 0.6 is 15.9 Å². The summed E-state index contributed by atoms with van der Waals surface area (Å²) in [5, 5.41) is 5.25. The number of rotatable bonds is 6. The maximum Gasteiger partial charge on any atom is 0.387 e. The van der Waals surface area contributed by atoms with Crippen LogP contribution < -0.4 is 20.1 Å². The fraction of sp³-hybridized carbons (Fsp3) is 0.235. The first-order valence-corrected chi connectivity index (χ1v) is 8.14. The molecule has 2 aromatic carbocycles. The van der Waals surface area contributed by atoms with Crippen LogP contribution in [0.3, 0.4) is 0 Å². The Labute approximate surface area is 152 Å². The number of hydrogen-bond donors (Lipinski definition) is 2. The number of urea groups is 1. The Balaban J connectivity index is 2.12. The van der Waals surface area contributed by atoms with Crippen LogP contribution in [0.5, 0.6) is 11.5 Å². The zero-order valence-electron chi connectivity index (χ0n) is 13.6. The lowest BCUT2D eigenvalue weighted by atomic mass is 10.1. The van der Waals surface area contributed by atoms with Crippen molar-refractivity contribution >= 4 is 27.6 Å². The third kappa shape index (κ3) is 5.32. The number of benzene rings is 2. The van der Waals surface area contributed by atoms with Gasteiger partial charge in [-0.25, -0.2) is 4.79 Å². The van der Waals surface area contributed by atoms with E-state index in [0.717, 1.165) is 10.0 Å². The summed E-state index contributed by atoms with van der Waals surface area (Å²) in [6, 6.07) is 10.8. The van der Waals surface area contributed by atoms with Gasteiger partial charge in [0.1, 0.15) is 11.5 Å². The summed E-state index contributed by atoms with van der Waals surface area (Å²) in [5.41, 5.74) is 0.962. The smallest absolute Gasteiger partial charge is 0.387 e. The fourth-order valence-corrected chi connectivity index (χ4v) is 2.82. The molecule has 0 spiro atoms.